The number of nitrogens with one attached hydrogen (secondary N) is 1. The van der Waals surface area contributed by atoms with Crippen molar-refractivity contribution in [2.75, 3.05) is 19.6 Å². The quantitative estimate of drug-likeness (QED) is 0.724. The molecule has 0 aliphatic carbocycles. The van der Waals surface area contributed by atoms with Crippen molar-refractivity contribution in [1.82, 2.24) is 30.0 Å². The molecule has 7 heteroatoms. The van der Waals surface area contributed by atoms with E-state index in [-0.39, 0.29) is 5.91 Å². The van der Waals surface area contributed by atoms with Crippen molar-refractivity contribution in [2.24, 2.45) is 0 Å². The van der Waals surface area contributed by atoms with Crippen LogP contribution in [0.4, 0.5) is 0 Å². The molecule has 1 aliphatic heterocycles. The van der Waals surface area contributed by atoms with Crippen molar-refractivity contribution in [2.45, 2.75) is 32.4 Å². The summed E-state index contributed by atoms with van der Waals surface area (Å²) < 4.78 is 1.92. The first-order valence-electron chi connectivity index (χ1n) is 9.39. The molecule has 0 radical (unpaired) electrons. The first kappa shape index (κ1) is 17.6. The molecule has 27 heavy (non-hydrogen) atoms. The lowest BCUT2D eigenvalue weighted by Crippen LogP contribution is -2.25. The molecule has 7 nitrogen and oxygen atoms in total. The van der Waals surface area contributed by atoms with E-state index in [1.165, 1.54) is 6.92 Å². The first-order chi connectivity index (χ1) is 13.2. The van der Waals surface area contributed by atoms with Crippen LogP contribution >= 0.6 is 0 Å². The third-order valence-corrected chi connectivity index (χ3v) is 5.00. The molecule has 4 rings (SSSR count). The van der Waals surface area contributed by atoms with Crippen LogP contribution in [0.2, 0.25) is 0 Å². The lowest BCUT2D eigenvalue weighted by molar-refractivity contribution is -0.118. The van der Waals surface area contributed by atoms with E-state index in [1.807, 2.05) is 29.1 Å². The van der Waals surface area contributed by atoms with Crippen molar-refractivity contribution in [3.8, 4) is 0 Å². The van der Waals surface area contributed by atoms with Crippen molar-refractivity contribution in [3.63, 3.8) is 0 Å². The van der Waals surface area contributed by atoms with Gasteiger partial charge in [0.05, 0.1) is 17.9 Å². The molecule has 3 aromatic heterocycles. The second-order valence-electron chi connectivity index (χ2n) is 7.01. The van der Waals surface area contributed by atoms with Crippen LogP contribution in [-0.4, -0.2) is 50.2 Å². The molecule has 3 aromatic rings. The molecule has 4 heterocycles. The summed E-state index contributed by atoms with van der Waals surface area (Å²) in [7, 11) is 0. The van der Waals surface area contributed by atoms with Crippen LogP contribution in [0.25, 0.3) is 11.0 Å². The summed E-state index contributed by atoms with van der Waals surface area (Å²) in [4.78, 5) is 22.5. The number of fused-ring (bicyclic) bond motifs is 1. The van der Waals surface area contributed by atoms with Gasteiger partial charge in [0.25, 0.3) is 0 Å². The molecular weight excluding hydrogens is 340 g/mol. The summed E-state index contributed by atoms with van der Waals surface area (Å²) in [6, 6.07) is 10.1. The number of aromatic nitrogens is 4. The highest BCUT2D eigenvalue weighted by Crippen LogP contribution is 2.31. The summed E-state index contributed by atoms with van der Waals surface area (Å²) in [5.41, 5.74) is 3.11. The average molecular weight is 364 g/mol. The predicted molar refractivity (Wildman–Crippen MR) is 103 cm³/mol. The second-order valence-corrected chi connectivity index (χ2v) is 7.01. The van der Waals surface area contributed by atoms with Crippen LogP contribution in [0.3, 0.4) is 0 Å². The molecular formula is C20H24N6O. The maximum absolute atomic E-state index is 11.1. The highest BCUT2D eigenvalue weighted by molar-refractivity contribution is 5.79. The zero-order valence-corrected chi connectivity index (χ0v) is 15.5. The Morgan fingerprint density at radius 2 is 2.11 bits per heavy atom. The largest absolute Gasteiger partial charge is 0.354 e. The molecule has 0 unspecified atom stereocenters. The van der Waals surface area contributed by atoms with Crippen LogP contribution < -0.4 is 5.32 Å². The normalized spacial score (nSPS) is 17.4. The van der Waals surface area contributed by atoms with Crippen molar-refractivity contribution >= 4 is 16.9 Å². The Hall–Kier alpha value is -2.80. The van der Waals surface area contributed by atoms with Crippen molar-refractivity contribution in [1.29, 1.82) is 0 Å². The molecule has 0 aromatic carbocycles. The maximum atomic E-state index is 11.1. The Balaban J connectivity index is 1.51. The minimum atomic E-state index is -0.0272. The highest BCUT2D eigenvalue weighted by Gasteiger charge is 2.28. The van der Waals surface area contributed by atoms with Crippen molar-refractivity contribution in [3.05, 3.63) is 54.1 Å². The Bertz CT molecular complexity index is 923. The van der Waals surface area contributed by atoms with Gasteiger partial charge in [0.1, 0.15) is 0 Å². The molecule has 1 saturated heterocycles. The van der Waals surface area contributed by atoms with Gasteiger partial charge in [-0.1, -0.05) is 6.07 Å². The summed E-state index contributed by atoms with van der Waals surface area (Å²) >= 11 is 0. The van der Waals surface area contributed by atoms with E-state index >= 15 is 0 Å². The number of rotatable bonds is 6. The van der Waals surface area contributed by atoms with Gasteiger partial charge in [-0.3, -0.25) is 14.7 Å². The van der Waals surface area contributed by atoms with Gasteiger partial charge in [-0.2, -0.15) is 5.10 Å². The summed E-state index contributed by atoms with van der Waals surface area (Å²) in [5, 5.41) is 8.82. The molecule has 1 N–H and O–H groups in total. The van der Waals surface area contributed by atoms with Gasteiger partial charge < -0.3 is 5.32 Å². The van der Waals surface area contributed by atoms with Crippen molar-refractivity contribution < 1.29 is 4.79 Å². The van der Waals surface area contributed by atoms with E-state index in [9.17, 15) is 4.79 Å². The predicted octanol–water partition coefficient (Wildman–Crippen LogP) is 1.95. The molecule has 1 fully saturated rings. The van der Waals surface area contributed by atoms with Gasteiger partial charge in [-0.05, 0) is 37.2 Å². The number of hydrogen-bond donors (Lipinski definition) is 1. The zero-order chi connectivity index (χ0) is 18.6. The molecule has 1 amide bonds. The Kier molecular flexibility index (Phi) is 5.11. The zero-order valence-electron chi connectivity index (χ0n) is 15.5. The monoisotopic (exact) mass is 364 g/mol. The number of amides is 1. The van der Waals surface area contributed by atoms with Crippen LogP contribution in [-0.2, 0) is 17.9 Å². The van der Waals surface area contributed by atoms with Gasteiger partial charge >= 0.3 is 0 Å². The molecule has 0 saturated carbocycles. The maximum Gasteiger partial charge on any atom is 0.216 e. The standard InChI is InChI=1S/C20H24N6O/c1-15(27)21-10-12-26-20-18(6-4-9-23-20)19(24-26)16-7-11-25(13-16)14-17-5-2-3-8-22-17/h2-6,8-9,16H,7,10-14H2,1H3,(H,21,27)/t16-/m1/s1. The molecule has 140 valence electrons. The molecule has 0 bridgehead atoms. The van der Waals surface area contributed by atoms with Gasteiger partial charge in [0.15, 0.2) is 5.65 Å². The van der Waals surface area contributed by atoms with Crippen LogP contribution in [0.15, 0.2) is 42.7 Å². The Morgan fingerprint density at radius 1 is 1.22 bits per heavy atom. The Labute approximate surface area is 158 Å². The number of carbonyl (C=O) groups is 1. The molecule has 0 spiro atoms. The van der Waals surface area contributed by atoms with Crippen LogP contribution in [0.5, 0.6) is 0 Å². The van der Waals surface area contributed by atoms with E-state index in [0.29, 0.717) is 19.0 Å². The fourth-order valence-corrected chi connectivity index (χ4v) is 3.75. The fourth-order valence-electron chi connectivity index (χ4n) is 3.75. The molecule has 1 atom stereocenters. The van der Waals surface area contributed by atoms with Gasteiger partial charge in [0.2, 0.25) is 5.91 Å². The number of carbonyl (C=O) groups excluding carboxylic acids is 1. The topological polar surface area (TPSA) is 75.9 Å². The van der Waals surface area contributed by atoms with Crippen LogP contribution in [0.1, 0.15) is 30.7 Å². The van der Waals surface area contributed by atoms with E-state index in [4.69, 9.17) is 5.10 Å². The summed E-state index contributed by atoms with van der Waals surface area (Å²) in [6.07, 6.45) is 4.73. The summed E-state index contributed by atoms with van der Waals surface area (Å²) in [6.45, 7) is 5.59. The number of hydrogen-bond acceptors (Lipinski definition) is 5. The third-order valence-electron chi connectivity index (χ3n) is 5.00. The SMILES string of the molecule is CC(=O)NCCn1nc([C@@H]2CCN(Cc3ccccn3)C2)c2cccnc21. The lowest BCUT2D eigenvalue weighted by Gasteiger charge is -2.14. The Morgan fingerprint density at radius 3 is 2.93 bits per heavy atom. The second kappa shape index (κ2) is 7.84. The van der Waals surface area contributed by atoms with Gasteiger partial charge in [-0.15, -0.1) is 0 Å². The van der Waals surface area contributed by atoms with E-state index in [2.05, 4.69) is 32.3 Å². The van der Waals surface area contributed by atoms with Gasteiger partial charge in [-0.25, -0.2) is 9.67 Å². The number of nitrogens with zero attached hydrogens (tertiary/aromatic N) is 5. The molecule has 1 aliphatic rings. The minimum Gasteiger partial charge on any atom is -0.354 e. The third kappa shape index (κ3) is 3.98. The van der Waals surface area contributed by atoms with E-state index in [0.717, 1.165) is 48.5 Å². The highest BCUT2D eigenvalue weighted by atomic mass is 16.1. The fraction of sp³-hybridized carbons (Fsp3) is 0.400. The number of pyridine rings is 2. The minimum absolute atomic E-state index is 0.0272. The van der Waals surface area contributed by atoms with Crippen LogP contribution in [0, 0.1) is 0 Å². The van der Waals surface area contributed by atoms with E-state index in [1.54, 1.807) is 6.20 Å². The van der Waals surface area contributed by atoms with E-state index < -0.39 is 0 Å². The first-order valence-corrected chi connectivity index (χ1v) is 9.39. The average Bonchev–Trinajstić information content (AvgIpc) is 3.27. The smallest absolute Gasteiger partial charge is 0.216 e. The summed E-state index contributed by atoms with van der Waals surface area (Å²) in [5.74, 6) is 0.364. The van der Waals surface area contributed by atoms with Gasteiger partial charge in [0, 0.05) is 50.3 Å². The lowest BCUT2D eigenvalue weighted by atomic mass is 10.0. The number of likely N-dealkylation sites (tertiary alicyclic amines) is 1.